The Bertz CT molecular complexity index is 280. The Hall–Kier alpha value is 1.51. The van der Waals surface area contributed by atoms with Crippen molar-refractivity contribution in [1.29, 1.82) is 0 Å². The van der Waals surface area contributed by atoms with Crippen molar-refractivity contribution < 1.29 is 69.5 Å². The van der Waals surface area contributed by atoms with Crippen LogP contribution in [0.4, 0.5) is 0 Å². The molecular weight excluding hydrogens is 279 g/mol. The predicted octanol–water partition coefficient (Wildman–Crippen LogP) is -0.574. The Labute approximate surface area is 154 Å². The van der Waals surface area contributed by atoms with Gasteiger partial charge in [-0.1, -0.05) is 33.1 Å². The third kappa shape index (κ3) is 11.3. The molecule has 18 heavy (non-hydrogen) atoms. The Morgan fingerprint density at radius 1 is 1.06 bits per heavy atom. The molecule has 0 aliphatic carbocycles. The number of unbranched alkanes of at least 4 members (excludes halogenated alkanes) is 2. The zero-order valence-corrected chi connectivity index (χ0v) is 15.8. The van der Waals surface area contributed by atoms with Crippen LogP contribution in [-0.4, -0.2) is 29.4 Å². The standard InChI is InChI=1S/C12H26O4S.K/c1-3-5-6-9-12(17(14,15)16)10-7-8-11(13)4-2;/h11-13H,3-10H2,1-2H3,(H,14,15,16);/q;+1/p-1. The van der Waals surface area contributed by atoms with Gasteiger partial charge in [-0.3, -0.25) is 0 Å². The van der Waals surface area contributed by atoms with Crippen molar-refractivity contribution in [3.63, 3.8) is 0 Å². The Balaban J connectivity index is 0. The van der Waals surface area contributed by atoms with Crippen molar-refractivity contribution in [3.05, 3.63) is 0 Å². The molecule has 0 spiro atoms. The molecule has 2 atom stereocenters. The van der Waals surface area contributed by atoms with Crippen LogP contribution in [0.15, 0.2) is 0 Å². The van der Waals surface area contributed by atoms with Gasteiger partial charge in [0.05, 0.1) is 16.2 Å². The maximum Gasteiger partial charge on any atom is 1.00 e. The number of hydrogen-bond donors (Lipinski definition) is 1. The number of rotatable bonds is 10. The predicted molar refractivity (Wildman–Crippen MR) is 67.8 cm³/mol. The van der Waals surface area contributed by atoms with Crippen molar-refractivity contribution in [1.82, 2.24) is 0 Å². The zero-order chi connectivity index (χ0) is 13.3. The minimum Gasteiger partial charge on any atom is -0.748 e. The largest absolute Gasteiger partial charge is 1.00 e. The van der Waals surface area contributed by atoms with E-state index in [9.17, 15) is 18.1 Å². The normalized spacial score (nSPS) is 14.9. The van der Waals surface area contributed by atoms with Crippen LogP contribution in [0.2, 0.25) is 0 Å². The Morgan fingerprint density at radius 3 is 2.06 bits per heavy atom. The summed E-state index contributed by atoms with van der Waals surface area (Å²) in [5.74, 6) is 0. The van der Waals surface area contributed by atoms with Crippen LogP contribution in [0, 0.1) is 0 Å². The first-order valence-electron chi connectivity index (χ1n) is 6.54. The van der Waals surface area contributed by atoms with Gasteiger partial charge in [-0.25, -0.2) is 8.42 Å². The summed E-state index contributed by atoms with van der Waals surface area (Å²) in [6, 6.07) is 0. The summed E-state index contributed by atoms with van der Waals surface area (Å²) in [5.41, 5.74) is 0. The third-order valence-electron chi connectivity index (χ3n) is 3.07. The molecule has 4 nitrogen and oxygen atoms in total. The Morgan fingerprint density at radius 2 is 1.61 bits per heavy atom. The molecule has 1 N–H and O–H groups in total. The second-order valence-corrected chi connectivity index (χ2v) is 6.26. The van der Waals surface area contributed by atoms with Crippen LogP contribution < -0.4 is 51.4 Å². The molecule has 0 aromatic rings. The van der Waals surface area contributed by atoms with E-state index in [1.54, 1.807) is 0 Å². The fourth-order valence-electron chi connectivity index (χ4n) is 1.84. The number of hydrogen-bond acceptors (Lipinski definition) is 4. The Kier molecular flexibility index (Phi) is 14.9. The van der Waals surface area contributed by atoms with Crippen molar-refractivity contribution >= 4 is 10.1 Å². The molecule has 0 saturated heterocycles. The molecule has 0 heterocycles. The van der Waals surface area contributed by atoms with E-state index in [1.807, 2.05) is 13.8 Å². The summed E-state index contributed by atoms with van der Waals surface area (Å²) >= 11 is 0. The second-order valence-electron chi connectivity index (χ2n) is 4.60. The van der Waals surface area contributed by atoms with Gasteiger partial charge in [0.25, 0.3) is 0 Å². The molecular formula is C12H25KO4S. The molecule has 0 aromatic heterocycles. The monoisotopic (exact) mass is 304 g/mol. The topological polar surface area (TPSA) is 77.4 Å². The first-order valence-corrected chi connectivity index (χ1v) is 8.01. The number of aliphatic hydroxyl groups excluding tert-OH is 1. The fourth-order valence-corrected chi connectivity index (χ4v) is 2.75. The molecule has 0 aliphatic heterocycles. The van der Waals surface area contributed by atoms with Crippen LogP contribution in [-0.2, 0) is 10.1 Å². The van der Waals surface area contributed by atoms with E-state index >= 15 is 0 Å². The van der Waals surface area contributed by atoms with Gasteiger partial charge in [-0.15, -0.1) is 0 Å². The molecule has 0 fully saturated rings. The molecule has 0 aliphatic rings. The van der Waals surface area contributed by atoms with Crippen molar-refractivity contribution in [2.24, 2.45) is 0 Å². The van der Waals surface area contributed by atoms with Gasteiger partial charge in [0.2, 0.25) is 0 Å². The smallest absolute Gasteiger partial charge is 0.748 e. The van der Waals surface area contributed by atoms with Gasteiger partial charge < -0.3 is 9.66 Å². The summed E-state index contributed by atoms with van der Waals surface area (Å²) in [6.45, 7) is 3.92. The molecule has 104 valence electrons. The van der Waals surface area contributed by atoms with E-state index < -0.39 is 15.4 Å². The van der Waals surface area contributed by atoms with Crippen LogP contribution in [0.3, 0.4) is 0 Å². The average Bonchev–Trinajstić information content (AvgIpc) is 2.25. The fraction of sp³-hybridized carbons (Fsp3) is 1.00. The van der Waals surface area contributed by atoms with Crippen molar-refractivity contribution in [2.75, 3.05) is 0 Å². The summed E-state index contributed by atoms with van der Waals surface area (Å²) in [5, 5.41) is 8.59. The average molecular weight is 304 g/mol. The van der Waals surface area contributed by atoms with Crippen molar-refractivity contribution in [2.45, 2.75) is 76.6 Å². The maximum atomic E-state index is 11.1. The molecule has 0 bridgehead atoms. The second kappa shape index (κ2) is 12.3. The van der Waals surface area contributed by atoms with E-state index in [-0.39, 0.29) is 57.5 Å². The molecule has 0 aromatic carbocycles. The molecule has 6 heteroatoms. The first-order chi connectivity index (χ1) is 7.91. The molecule has 0 radical (unpaired) electrons. The van der Waals surface area contributed by atoms with E-state index in [0.29, 0.717) is 32.1 Å². The van der Waals surface area contributed by atoms with Crippen LogP contribution in [0.25, 0.3) is 0 Å². The minimum absolute atomic E-state index is 0. The zero-order valence-electron chi connectivity index (χ0n) is 11.9. The molecule has 2 unspecified atom stereocenters. The van der Waals surface area contributed by atoms with Crippen LogP contribution in [0.1, 0.15) is 65.2 Å². The molecule has 0 rings (SSSR count). The summed E-state index contributed by atoms with van der Waals surface area (Å²) in [4.78, 5) is 0. The summed E-state index contributed by atoms with van der Waals surface area (Å²) < 4.78 is 33.2. The molecule has 0 amide bonds. The van der Waals surface area contributed by atoms with Gasteiger partial charge >= 0.3 is 51.4 Å². The van der Waals surface area contributed by atoms with E-state index in [0.717, 1.165) is 19.3 Å². The van der Waals surface area contributed by atoms with Gasteiger partial charge in [0, 0.05) is 5.25 Å². The quantitative estimate of drug-likeness (QED) is 0.333. The SMILES string of the molecule is CCCCCC(CCCC(O)CC)S(=O)(=O)[O-].[K+]. The van der Waals surface area contributed by atoms with Crippen molar-refractivity contribution in [3.8, 4) is 0 Å². The third-order valence-corrected chi connectivity index (χ3v) is 4.36. The van der Waals surface area contributed by atoms with E-state index in [1.165, 1.54) is 0 Å². The maximum absolute atomic E-state index is 11.1. The summed E-state index contributed by atoms with van der Waals surface area (Å²) in [7, 11) is -4.18. The van der Waals surface area contributed by atoms with E-state index in [4.69, 9.17) is 0 Å². The van der Waals surface area contributed by atoms with Gasteiger partial charge in [0.1, 0.15) is 0 Å². The van der Waals surface area contributed by atoms with Gasteiger partial charge in [-0.2, -0.15) is 0 Å². The number of aliphatic hydroxyl groups is 1. The first kappa shape index (κ1) is 21.8. The van der Waals surface area contributed by atoms with Gasteiger partial charge in [-0.05, 0) is 32.1 Å². The van der Waals surface area contributed by atoms with Gasteiger partial charge in [0.15, 0.2) is 0 Å². The van der Waals surface area contributed by atoms with Crippen LogP contribution in [0.5, 0.6) is 0 Å². The van der Waals surface area contributed by atoms with Crippen LogP contribution >= 0.6 is 0 Å². The van der Waals surface area contributed by atoms with E-state index in [2.05, 4.69) is 0 Å². The minimum atomic E-state index is -4.18. The summed E-state index contributed by atoms with van der Waals surface area (Å²) in [6.07, 6.45) is 5.09. The molecule has 0 saturated carbocycles.